The molecule has 0 saturated heterocycles. The van der Waals surface area contributed by atoms with Gasteiger partial charge in [0.25, 0.3) is 0 Å². The Morgan fingerprint density at radius 3 is 2.50 bits per heavy atom. The van der Waals surface area contributed by atoms with Crippen molar-refractivity contribution in [3.05, 3.63) is 82.0 Å². The third-order valence-corrected chi connectivity index (χ3v) is 5.11. The van der Waals surface area contributed by atoms with Gasteiger partial charge < -0.3 is 14.1 Å². The van der Waals surface area contributed by atoms with Crippen LogP contribution in [0.1, 0.15) is 40.1 Å². The predicted octanol–water partition coefficient (Wildman–Crippen LogP) is 4.22. The second-order valence-corrected chi connectivity index (χ2v) is 7.22. The van der Waals surface area contributed by atoms with Gasteiger partial charge in [-0.1, -0.05) is 54.0 Å². The van der Waals surface area contributed by atoms with Crippen LogP contribution in [0, 0.1) is 0 Å². The number of ketones is 1. The van der Waals surface area contributed by atoms with Crippen LogP contribution in [-0.2, 0) is 17.6 Å². The molecule has 0 fully saturated rings. The molecular weight excluding hydrogens is 404 g/mol. The van der Waals surface area contributed by atoms with Gasteiger partial charge in [0.2, 0.25) is 0 Å². The lowest BCUT2D eigenvalue weighted by atomic mass is 9.97. The Labute approximate surface area is 180 Å². The Bertz CT molecular complexity index is 986. The topological polar surface area (TPSA) is 81.4 Å². The molecular formula is C23H23ClN2O4. The van der Waals surface area contributed by atoms with Crippen LogP contribution in [0.2, 0.25) is 5.02 Å². The molecule has 0 bridgehead atoms. The molecule has 0 unspecified atom stereocenters. The zero-order valence-electron chi connectivity index (χ0n) is 16.8. The van der Waals surface area contributed by atoms with Gasteiger partial charge in [-0.05, 0) is 42.7 Å². The van der Waals surface area contributed by atoms with E-state index in [9.17, 15) is 9.59 Å². The smallest absolute Gasteiger partial charge is 0.314 e. The van der Waals surface area contributed by atoms with Crippen molar-refractivity contribution in [3.8, 4) is 5.95 Å². The lowest BCUT2D eigenvalue weighted by molar-refractivity contribution is -0.108. The van der Waals surface area contributed by atoms with Crippen molar-refractivity contribution in [2.75, 3.05) is 7.11 Å². The monoisotopic (exact) mass is 426 g/mol. The Morgan fingerprint density at radius 2 is 1.90 bits per heavy atom. The van der Waals surface area contributed by atoms with Gasteiger partial charge in [-0.15, -0.1) is 0 Å². The van der Waals surface area contributed by atoms with Crippen molar-refractivity contribution in [1.29, 1.82) is 0 Å². The molecule has 156 valence electrons. The average molecular weight is 427 g/mol. The molecule has 0 aliphatic rings. The minimum atomic E-state index is -1.05. The maximum Gasteiger partial charge on any atom is 0.314 e. The van der Waals surface area contributed by atoms with Gasteiger partial charge in [-0.3, -0.25) is 10.1 Å². The van der Waals surface area contributed by atoms with E-state index in [0.717, 1.165) is 11.1 Å². The van der Waals surface area contributed by atoms with Crippen LogP contribution in [0.15, 0.2) is 59.1 Å². The number of ether oxygens (including phenoxy) is 1. The number of carbonyl (C=O) groups is 2. The highest BCUT2D eigenvalue weighted by Crippen LogP contribution is 2.29. The summed E-state index contributed by atoms with van der Waals surface area (Å²) in [6, 6.07) is 14.7. The van der Waals surface area contributed by atoms with Gasteiger partial charge in [0.15, 0.2) is 5.78 Å². The number of benzene rings is 2. The number of hydrogen-bond donors (Lipinski definition) is 1. The average Bonchev–Trinajstić information content (AvgIpc) is 3.20. The van der Waals surface area contributed by atoms with E-state index in [1.54, 1.807) is 24.3 Å². The summed E-state index contributed by atoms with van der Waals surface area (Å²) in [5.41, 5.74) is 2.85. The zero-order valence-corrected chi connectivity index (χ0v) is 17.6. The number of methoxy groups -OCH3 is 1. The summed E-state index contributed by atoms with van der Waals surface area (Å²) in [4.78, 5) is 24.8. The molecule has 0 aliphatic heterocycles. The summed E-state index contributed by atoms with van der Waals surface area (Å²) < 4.78 is 10.6. The molecule has 1 heterocycles. The lowest BCUT2D eigenvalue weighted by Gasteiger charge is -2.21. The minimum absolute atomic E-state index is 0.332. The molecule has 0 aliphatic carbocycles. The van der Waals surface area contributed by atoms with Crippen LogP contribution in [0.3, 0.4) is 0 Å². The van der Waals surface area contributed by atoms with Crippen molar-refractivity contribution in [2.45, 2.75) is 31.8 Å². The first kappa shape index (κ1) is 21.7. The number of nitrogens with zero attached hydrogens (tertiary/aromatic N) is 1. The maximum absolute atomic E-state index is 12.9. The number of rotatable bonds is 10. The molecule has 6 nitrogen and oxygen atoms in total. The molecule has 3 rings (SSSR count). The number of carbonyl (C=O) groups excluding carboxylic acids is 2. The standard InChI is InChI=1S/C23H23ClN2O4/c1-3-18-21(26-30-23(18)29-2)19(13-15-7-5-4-6-8-15)25-20(14-27)22(28)16-9-11-17(24)12-10-16/h4-12,14,19-20,25H,3,13H2,1-2H3/t19-,20+/m1/s1. The van der Waals surface area contributed by atoms with E-state index < -0.39 is 12.1 Å². The van der Waals surface area contributed by atoms with Gasteiger partial charge in [0.05, 0.1) is 18.7 Å². The molecule has 1 aromatic heterocycles. The number of Topliss-reactive ketones (excluding diaryl/α,β-unsaturated/α-hetero) is 1. The van der Waals surface area contributed by atoms with Crippen molar-refractivity contribution in [2.24, 2.45) is 0 Å². The summed E-state index contributed by atoms with van der Waals surface area (Å²) in [6.07, 6.45) is 1.76. The molecule has 0 saturated carbocycles. The highest BCUT2D eigenvalue weighted by molar-refractivity contribution is 6.30. The van der Waals surface area contributed by atoms with Gasteiger partial charge in [0.1, 0.15) is 18.0 Å². The number of aromatic nitrogens is 1. The van der Waals surface area contributed by atoms with Crippen LogP contribution >= 0.6 is 11.6 Å². The Hall–Kier alpha value is -2.96. The van der Waals surface area contributed by atoms with Gasteiger partial charge in [-0.2, -0.15) is 0 Å². The first-order chi connectivity index (χ1) is 14.6. The Morgan fingerprint density at radius 1 is 1.20 bits per heavy atom. The molecule has 2 atom stereocenters. The van der Waals surface area contributed by atoms with Gasteiger partial charge >= 0.3 is 5.95 Å². The van der Waals surface area contributed by atoms with Crippen LogP contribution < -0.4 is 10.1 Å². The van der Waals surface area contributed by atoms with E-state index in [1.807, 2.05) is 37.3 Å². The van der Waals surface area contributed by atoms with Crippen LogP contribution in [-0.4, -0.2) is 30.4 Å². The molecule has 0 amide bonds. The first-order valence-corrected chi connectivity index (χ1v) is 10.0. The second kappa shape index (κ2) is 10.2. The zero-order chi connectivity index (χ0) is 21.5. The van der Waals surface area contributed by atoms with Gasteiger partial charge in [-0.25, -0.2) is 0 Å². The van der Waals surface area contributed by atoms with E-state index in [1.165, 1.54) is 7.11 Å². The van der Waals surface area contributed by atoms with Crippen LogP contribution in [0.5, 0.6) is 5.95 Å². The Kier molecular flexibility index (Phi) is 7.38. The third kappa shape index (κ3) is 4.96. The van der Waals surface area contributed by atoms with Crippen molar-refractivity contribution < 1.29 is 18.8 Å². The van der Waals surface area contributed by atoms with Crippen LogP contribution in [0.25, 0.3) is 0 Å². The SMILES string of the molecule is CCc1c([C@@H](Cc2ccccc2)N[C@@H](C=O)C(=O)c2ccc(Cl)cc2)noc1OC. The normalized spacial score (nSPS) is 12.9. The van der Waals surface area contributed by atoms with Gasteiger partial charge in [0, 0.05) is 10.6 Å². The summed E-state index contributed by atoms with van der Waals surface area (Å²) in [5.74, 6) is -0.00715. The second-order valence-electron chi connectivity index (χ2n) is 6.79. The molecule has 2 aromatic carbocycles. The first-order valence-electron chi connectivity index (χ1n) is 9.64. The fourth-order valence-electron chi connectivity index (χ4n) is 3.34. The largest absolute Gasteiger partial charge is 0.467 e. The van der Waals surface area contributed by atoms with Crippen molar-refractivity contribution >= 4 is 23.7 Å². The lowest BCUT2D eigenvalue weighted by Crippen LogP contribution is -2.41. The van der Waals surface area contributed by atoms with E-state index >= 15 is 0 Å². The van der Waals surface area contributed by atoms with E-state index in [0.29, 0.717) is 41.4 Å². The van der Waals surface area contributed by atoms with Crippen LogP contribution in [0.4, 0.5) is 0 Å². The number of halogens is 1. The molecule has 7 heteroatoms. The highest BCUT2D eigenvalue weighted by atomic mass is 35.5. The third-order valence-electron chi connectivity index (χ3n) is 4.86. The van der Waals surface area contributed by atoms with E-state index in [2.05, 4.69) is 10.5 Å². The quantitative estimate of drug-likeness (QED) is 0.297. The van der Waals surface area contributed by atoms with Crippen molar-refractivity contribution in [3.63, 3.8) is 0 Å². The maximum atomic E-state index is 12.9. The Balaban J connectivity index is 1.92. The summed E-state index contributed by atoms with van der Waals surface area (Å²) >= 11 is 5.91. The van der Waals surface area contributed by atoms with E-state index in [-0.39, 0.29) is 5.78 Å². The molecule has 3 aromatic rings. The van der Waals surface area contributed by atoms with E-state index in [4.69, 9.17) is 20.9 Å². The fourth-order valence-corrected chi connectivity index (χ4v) is 3.46. The predicted molar refractivity (Wildman–Crippen MR) is 114 cm³/mol. The molecule has 30 heavy (non-hydrogen) atoms. The number of aldehydes is 1. The fraction of sp³-hybridized carbons (Fsp3) is 0.261. The summed E-state index contributed by atoms with van der Waals surface area (Å²) in [5, 5.41) is 7.86. The molecule has 0 radical (unpaired) electrons. The number of nitrogens with one attached hydrogen (secondary N) is 1. The highest BCUT2D eigenvalue weighted by Gasteiger charge is 2.29. The van der Waals surface area contributed by atoms with Crippen molar-refractivity contribution in [1.82, 2.24) is 10.5 Å². The summed E-state index contributed by atoms with van der Waals surface area (Å²) in [7, 11) is 1.52. The minimum Gasteiger partial charge on any atom is -0.467 e. The molecule has 0 spiro atoms. The molecule has 1 N–H and O–H groups in total. The summed E-state index contributed by atoms with van der Waals surface area (Å²) in [6.45, 7) is 1.97. The number of hydrogen-bond acceptors (Lipinski definition) is 6.